The van der Waals surface area contributed by atoms with Gasteiger partial charge < -0.3 is 9.64 Å². The Labute approximate surface area is 135 Å². The highest BCUT2D eigenvalue weighted by molar-refractivity contribution is 5.71. The lowest BCUT2D eigenvalue weighted by Crippen LogP contribution is -2.48. The predicted octanol–water partition coefficient (Wildman–Crippen LogP) is 1.91. The molecule has 1 heterocycles. The standard InChI is InChI=1S/C14H16F3N3O4/c1-24-13(21)9-18-4-6-19(7-5-18)12-3-2-10(20(22)23)8-11(12)14(15,16)17/h2-3,8H,4-7,9H2,1H3. The molecule has 1 fully saturated rings. The molecule has 1 aromatic carbocycles. The summed E-state index contributed by atoms with van der Waals surface area (Å²) in [6.07, 6.45) is -4.69. The van der Waals surface area contributed by atoms with Crippen molar-refractivity contribution in [2.75, 3.05) is 44.7 Å². The maximum absolute atomic E-state index is 13.2. The van der Waals surface area contributed by atoms with Crippen molar-refractivity contribution in [3.8, 4) is 0 Å². The first-order chi connectivity index (χ1) is 11.2. The van der Waals surface area contributed by atoms with Gasteiger partial charge in [0.25, 0.3) is 5.69 Å². The SMILES string of the molecule is COC(=O)CN1CCN(c2ccc([N+](=O)[O-])cc2C(F)(F)F)CC1. The third-order valence-corrected chi connectivity index (χ3v) is 3.79. The van der Waals surface area contributed by atoms with E-state index in [-0.39, 0.29) is 25.3 Å². The average Bonchev–Trinajstić information content (AvgIpc) is 2.54. The van der Waals surface area contributed by atoms with E-state index in [1.807, 2.05) is 0 Å². The number of hydrogen-bond acceptors (Lipinski definition) is 6. The third kappa shape index (κ3) is 4.13. The number of ether oxygens (including phenoxy) is 1. The molecule has 1 saturated heterocycles. The number of alkyl halides is 3. The van der Waals surface area contributed by atoms with E-state index in [4.69, 9.17) is 0 Å². The minimum absolute atomic E-state index is 0.0801. The molecule has 0 bridgehead atoms. The van der Waals surface area contributed by atoms with Gasteiger partial charge in [-0.1, -0.05) is 0 Å². The van der Waals surface area contributed by atoms with Gasteiger partial charge in [-0.2, -0.15) is 13.2 Å². The molecule has 0 radical (unpaired) electrons. The molecular weight excluding hydrogens is 331 g/mol. The van der Waals surface area contributed by atoms with Gasteiger partial charge in [-0.15, -0.1) is 0 Å². The van der Waals surface area contributed by atoms with Gasteiger partial charge in [-0.25, -0.2) is 0 Å². The predicted molar refractivity (Wildman–Crippen MR) is 78.8 cm³/mol. The number of carbonyl (C=O) groups is 1. The lowest BCUT2D eigenvalue weighted by atomic mass is 10.1. The Hall–Kier alpha value is -2.36. The van der Waals surface area contributed by atoms with Crippen LogP contribution in [0.2, 0.25) is 0 Å². The summed E-state index contributed by atoms with van der Waals surface area (Å²) in [6.45, 7) is 1.42. The molecule has 7 nitrogen and oxygen atoms in total. The Bertz CT molecular complexity index is 628. The zero-order valence-electron chi connectivity index (χ0n) is 12.9. The molecule has 0 amide bonds. The Kier molecular flexibility index (Phi) is 5.27. The largest absolute Gasteiger partial charge is 0.468 e. The fourth-order valence-corrected chi connectivity index (χ4v) is 2.53. The van der Waals surface area contributed by atoms with E-state index in [1.54, 1.807) is 4.90 Å². The lowest BCUT2D eigenvalue weighted by Gasteiger charge is -2.36. The summed E-state index contributed by atoms with van der Waals surface area (Å²) < 4.78 is 44.2. The van der Waals surface area contributed by atoms with Crippen LogP contribution in [0.3, 0.4) is 0 Å². The minimum Gasteiger partial charge on any atom is -0.468 e. The molecule has 10 heteroatoms. The summed E-state index contributed by atoms with van der Waals surface area (Å²) >= 11 is 0. The molecule has 132 valence electrons. The fraction of sp³-hybridized carbons (Fsp3) is 0.500. The van der Waals surface area contributed by atoms with Crippen LogP contribution >= 0.6 is 0 Å². The molecule has 0 atom stereocenters. The van der Waals surface area contributed by atoms with E-state index in [1.165, 1.54) is 12.0 Å². The molecule has 1 aliphatic heterocycles. The van der Waals surface area contributed by atoms with Crippen molar-refractivity contribution in [2.24, 2.45) is 0 Å². The minimum atomic E-state index is -4.69. The number of nitrogens with zero attached hydrogens (tertiary/aromatic N) is 3. The third-order valence-electron chi connectivity index (χ3n) is 3.79. The molecule has 2 rings (SSSR count). The number of piperazine rings is 1. The number of rotatable bonds is 4. The normalized spacial score (nSPS) is 16.1. The van der Waals surface area contributed by atoms with Crippen molar-refractivity contribution in [1.82, 2.24) is 4.90 Å². The number of carbonyl (C=O) groups excluding carboxylic acids is 1. The van der Waals surface area contributed by atoms with Crippen LogP contribution in [-0.4, -0.2) is 55.6 Å². The van der Waals surface area contributed by atoms with Crippen molar-refractivity contribution in [1.29, 1.82) is 0 Å². The second-order valence-corrected chi connectivity index (χ2v) is 5.30. The monoisotopic (exact) mass is 347 g/mol. The van der Waals surface area contributed by atoms with E-state index < -0.39 is 28.3 Å². The summed E-state index contributed by atoms with van der Waals surface area (Å²) in [5.41, 5.74) is -1.72. The maximum atomic E-state index is 13.2. The summed E-state index contributed by atoms with van der Waals surface area (Å²) in [4.78, 5) is 24.4. The quantitative estimate of drug-likeness (QED) is 0.470. The van der Waals surface area contributed by atoms with Crippen molar-refractivity contribution in [3.05, 3.63) is 33.9 Å². The maximum Gasteiger partial charge on any atom is 0.418 e. The Morgan fingerprint density at radius 3 is 2.42 bits per heavy atom. The highest BCUT2D eigenvalue weighted by Gasteiger charge is 2.37. The summed E-state index contributed by atoms with van der Waals surface area (Å²) in [7, 11) is 1.27. The van der Waals surface area contributed by atoms with Crippen LogP contribution < -0.4 is 4.90 Å². The second kappa shape index (κ2) is 7.04. The number of non-ortho nitro benzene ring substituents is 1. The van der Waals surface area contributed by atoms with Gasteiger partial charge in [-0.3, -0.25) is 19.8 Å². The second-order valence-electron chi connectivity index (χ2n) is 5.30. The number of nitro benzene ring substituents is 1. The number of benzene rings is 1. The molecule has 1 aromatic rings. The first-order valence-corrected chi connectivity index (χ1v) is 7.12. The van der Waals surface area contributed by atoms with Crippen molar-refractivity contribution in [3.63, 3.8) is 0 Å². The van der Waals surface area contributed by atoms with Gasteiger partial charge in [0.15, 0.2) is 0 Å². The molecule has 0 unspecified atom stereocenters. The van der Waals surface area contributed by atoms with Gasteiger partial charge in [0.1, 0.15) is 0 Å². The van der Waals surface area contributed by atoms with Crippen LogP contribution in [0, 0.1) is 10.1 Å². The molecule has 0 saturated carbocycles. The van der Waals surface area contributed by atoms with E-state index in [0.717, 1.165) is 12.1 Å². The van der Waals surface area contributed by atoms with Crippen molar-refractivity contribution >= 4 is 17.3 Å². The van der Waals surface area contributed by atoms with Gasteiger partial charge in [0.05, 0.1) is 24.1 Å². The molecule has 0 aromatic heterocycles. The Balaban J connectivity index is 2.18. The van der Waals surface area contributed by atoms with Crippen LogP contribution in [0.4, 0.5) is 24.5 Å². The topological polar surface area (TPSA) is 75.9 Å². The van der Waals surface area contributed by atoms with E-state index in [0.29, 0.717) is 19.2 Å². The van der Waals surface area contributed by atoms with Gasteiger partial charge in [-0.05, 0) is 6.07 Å². The van der Waals surface area contributed by atoms with Crippen LogP contribution in [0.15, 0.2) is 18.2 Å². The summed E-state index contributed by atoms with van der Waals surface area (Å²) in [5, 5.41) is 10.7. The highest BCUT2D eigenvalue weighted by atomic mass is 19.4. The van der Waals surface area contributed by atoms with Gasteiger partial charge in [0, 0.05) is 44.0 Å². The van der Waals surface area contributed by atoms with E-state index >= 15 is 0 Å². The molecule has 24 heavy (non-hydrogen) atoms. The van der Waals surface area contributed by atoms with Gasteiger partial charge in [0.2, 0.25) is 0 Å². The zero-order chi connectivity index (χ0) is 17.9. The first-order valence-electron chi connectivity index (χ1n) is 7.12. The number of nitro groups is 1. The average molecular weight is 347 g/mol. The molecular formula is C14H16F3N3O4. The fourth-order valence-electron chi connectivity index (χ4n) is 2.53. The Morgan fingerprint density at radius 2 is 1.92 bits per heavy atom. The summed E-state index contributed by atoms with van der Waals surface area (Å²) in [6, 6.07) is 2.73. The molecule has 1 aliphatic rings. The number of halogens is 3. The highest BCUT2D eigenvalue weighted by Crippen LogP contribution is 2.39. The Morgan fingerprint density at radius 1 is 1.29 bits per heavy atom. The first kappa shape index (κ1) is 18.0. The van der Waals surface area contributed by atoms with Crippen LogP contribution in [0.1, 0.15) is 5.56 Å². The van der Waals surface area contributed by atoms with Crippen molar-refractivity contribution in [2.45, 2.75) is 6.18 Å². The number of esters is 1. The van der Waals surface area contributed by atoms with Crippen LogP contribution in [0.5, 0.6) is 0 Å². The van der Waals surface area contributed by atoms with E-state index in [9.17, 15) is 28.1 Å². The van der Waals surface area contributed by atoms with E-state index in [2.05, 4.69) is 4.74 Å². The van der Waals surface area contributed by atoms with Crippen LogP contribution in [-0.2, 0) is 15.7 Å². The molecule has 0 spiro atoms. The molecule has 0 aliphatic carbocycles. The van der Waals surface area contributed by atoms with Gasteiger partial charge >= 0.3 is 12.1 Å². The number of hydrogen-bond donors (Lipinski definition) is 0. The zero-order valence-corrected chi connectivity index (χ0v) is 12.9. The number of methoxy groups -OCH3 is 1. The smallest absolute Gasteiger partial charge is 0.418 e. The van der Waals surface area contributed by atoms with Crippen LogP contribution in [0.25, 0.3) is 0 Å². The lowest BCUT2D eigenvalue weighted by molar-refractivity contribution is -0.385. The molecule has 0 N–H and O–H groups in total. The number of anilines is 1. The summed E-state index contributed by atoms with van der Waals surface area (Å²) in [5.74, 6) is -0.408. The van der Waals surface area contributed by atoms with Crippen molar-refractivity contribution < 1.29 is 27.6 Å².